The number of aryl methyl sites for hydroxylation is 1. The van der Waals surface area contributed by atoms with E-state index in [4.69, 9.17) is 16.3 Å². The molecule has 0 radical (unpaired) electrons. The molecule has 0 unspecified atom stereocenters. The molecule has 0 fully saturated rings. The number of hydrogen-bond acceptors (Lipinski definition) is 2. The lowest BCUT2D eigenvalue weighted by atomic mass is 10.2. The van der Waals surface area contributed by atoms with E-state index in [9.17, 15) is 4.79 Å². The minimum atomic E-state index is -0.521. The summed E-state index contributed by atoms with van der Waals surface area (Å²) in [6, 6.07) is 7.42. The molecule has 0 spiro atoms. The molecule has 0 bridgehead atoms. The van der Waals surface area contributed by atoms with E-state index in [2.05, 4.69) is 17.2 Å². The van der Waals surface area contributed by atoms with Crippen LogP contribution in [0.5, 0.6) is 0 Å². The summed E-state index contributed by atoms with van der Waals surface area (Å²) in [7, 11) is 0. The fourth-order valence-corrected chi connectivity index (χ4v) is 1.09. The summed E-state index contributed by atoms with van der Waals surface area (Å²) in [5.74, 6) is 5.42. The Morgan fingerprint density at radius 2 is 2.06 bits per heavy atom. The molecule has 1 aromatic carbocycles. The van der Waals surface area contributed by atoms with E-state index in [-0.39, 0.29) is 12.5 Å². The summed E-state index contributed by atoms with van der Waals surface area (Å²) in [6.07, 6.45) is -0.521. The van der Waals surface area contributed by atoms with Crippen molar-refractivity contribution >= 4 is 23.4 Å². The van der Waals surface area contributed by atoms with Crippen molar-refractivity contribution in [1.82, 2.24) is 0 Å². The van der Waals surface area contributed by atoms with Gasteiger partial charge in [-0.3, -0.25) is 5.32 Å². The Balaban J connectivity index is 2.37. The summed E-state index contributed by atoms with van der Waals surface area (Å²) in [5.41, 5.74) is 1.83. The quantitative estimate of drug-likeness (QED) is 0.635. The van der Waals surface area contributed by atoms with Gasteiger partial charge in [0.25, 0.3) is 0 Å². The fourth-order valence-electron chi connectivity index (χ4n) is 0.991. The molecule has 1 amide bonds. The number of rotatable bonds is 2. The molecule has 16 heavy (non-hydrogen) atoms. The maximum atomic E-state index is 11.2. The highest BCUT2D eigenvalue weighted by molar-refractivity contribution is 6.19. The third-order valence-corrected chi connectivity index (χ3v) is 1.90. The predicted octanol–water partition coefficient (Wildman–Crippen LogP) is 2.79. The van der Waals surface area contributed by atoms with Crippen LogP contribution < -0.4 is 5.32 Å². The highest BCUT2D eigenvalue weighted by atomic mass is 35.5. The minimum Gasteiger partial charge on any atom is -0.436 e. The van der Waals surface area contributed by atoms with Crippen molar-refractivity contribution < 1.29 is 9.53 Å². The molecule has 0 heterocycles. The van der Waals surface area contributed by atoms with E-state index < -0.39 is 6.09 Å². The molecule has 1 rings (SSSR count). The number of hydrogen-bond donors (Lipinski definition) is 1. The van der Waals surface area contributed by atoms with Crippen LogP contribution in [-0.4, -0.2) is 18.6 Å². The van der Waals surface area contributed by atoms with Crippen LogP contribution in [0.2, 0.25) is 0 Å². The molecule has 3 nitrogen and oxygen atoms in total. The van der Waals surface area contributed by atoms with Crippen LogP contribution in [-0.2, 0) is 4.74 Å². The maximum absolute atomic E-state index is 11.2. The molecule has 1 aromatic rings. The topological polar surface area (TPSA) is 38.3 Å². The van der Waals surface area contributed by atoms with E-state index in [0.717, 1.165) is 5.56 Å². The van der Waals surface area contributed by atoms with Crippen molar-refractivity contribution in [3.63, 3.8) is 0 Å². The van der Waals surface area contributed by atoms with Gasteiger partial charge in [0.1, 0.15) is 0 Å². The Labute approximate surface area is 99.7 Å². The molecule has 0 saturated heterocycles. The molecule has 0 aliphatic carbocycles. The highest BCUT2D eigenvalue weighted by Gasteiger charge is 2.00. The first-order chi connectivity index (χ1) is 7.72. The fraction of sp³-hybridized carbons (Fsp3) is 0.250. The molecular weight excluding hydrogens is 226 g/mol. The number of nitrogens with one attached hydrogen (secondary N) is 1. The van der Waals surface area contributed by atoms with E-state index in [1.165, 1.54) is 0 Å². The van der Waals surface area contributed by atoms with Gasteiger partial charge in [0, 0.05) is 5.69 Å². The van der Waals surface area contributed by atoms with Gasteiger partial charge in [-0.15, -0.1) is 11.6 Å². The highest BCUT2D eigenvalue weighted by Crippen LogP contribution is 2.08. The zero-order valence-corrected chi connectivity index (χ0v) is 9.67. The normalized spacial score (nSPS) is 8.88. The number of ether oxygens (including phenoxy) is 1. The zero-order chi connectivity index (χ0) is 11.8. The third kappa shape index (κ3) is 4.72. The van der Waals surface area contributed by atoms with Crippen molar-refractivity contribution in [2.45, 2.75) is 6.92 Å². The van der Waals surface area contributed by atoms with Gasteiger partial charge in [0.05, 0.1) is 5.88 Å². The van der Waals surface area contributed by atoms with Crippen molar-refractivity contribution in [3.05, 3.63) is 29.8 Å². The van der Waals surface area contributed by atoms with Gasteiger partial charge in [-0.2, -0.15) is 0 Å². The van der Waals surface area contributed by atoms with Crippen LogP contribution in [0, 0.1) is 18.8 Å². The smallest absolute Gasteiger partial charge is 0.412 e. The van der Waals surface area contributed by atoms with E-state index >= 15 is 0 Å². The van der Waals surface area contributed by atoms with Gasteiger partial charge in [0.15, 0.2) is 6.61 Å². The number of carbonyl (C=O) groups is 1. The maximum Gasteiger partial charge on any atom is 0.412 e. The van der Waals surface area contributed by atoms with Crippen LogP contribution in [0.15, 0.2) is 24.3 Å². The monoisotopic (exact) mass is 237 g/mol. The SMILES string of the molecule is Cc1ccc(NC(=O)OCC#CCCl)cc1. The average Bonchev–Trinajstić information content (AvgIpc) is 2.28. The van der Waals surface area contributed by atoms with Gasteiger partial charge >= 0.3 is 6.09 Å². The molecule has 0 saturated carbocycles. The number of halogens is 1. The molecule has 4 heteroatoms. The minimum absolute atomic E-state index is 0.0460. The molecule has 0 atom stereocenters. The van der Waals surface area contributed by atoms with E-state index in [1.807, 2.05) is 19.1 Å². The molecule has 1 N–H and O–H groups in total. The Hall–Kier alpha value is -1.66. The largest absolute Gasteiger partial charge is 0.436 e. The third-order valence-electron chi connectivity index (χ3n) is 1.77. The van der Waals surface area contributed by atoms with Crippen molar-refractivity contribution in [2.24, 2.45) is 0 Å². The second-order valence-electron chi connectivity index (χ2n) is 3.05. The van der Waals surface area contributed by atoms with Gasteiger partial charge < -0.3 is 4.74 Å². The van der Waals surface area contributed by atoms with Crippen LogP contribution >= 0.6 is 11.6 Å². The van der Waals surface area contributed by atoms with Crippen LogP contribution in [0.1, 0.15) is 5.56 Å². The number of anilines is 1. The first-order valence-electron chi connectivity index (χ1n) is 4.74. The summed E-state index contributed by atoms with van der Waals surface area (Å²) >= 11 is 5.33. The summed E-state index contributed by atoms with van der Waals surface area (Å²) in [5, 5.41) is 2.58. The average molecular weight is 238 g/mol. The molecular formula is C12H12ClNO2. The number of carbonyl (C=O) groups excluding carboxylic acids is 1. The van der Waals surface area contributed by atoms with E-state index in [1.54, 1.807) is 12.1 Å². The van der Waals surface area contributed by atoms with Crippen LogP contribution in [0.3, 0.4) is 0 Å². The van der Waals surface area contributed by atoms with Gasteiger partial charge in [-0.1, -0.05) is 29.5 Å². The van der Waals surface area contributed by atoms with Crippen LogP contribution in [0.4, 0.5) is 10.5 Å². The summed E-state index contributed by atoms with van der Waals surface area (Å²) in [6.45, 7) is 2.02. The van der Waals surface area contributed by atoms with Gasteiger partial charge in [-0.25, -0.2) is 4.79 Å². The first-order valence-corrected chi connectivity index (χ1v) is 5.28. The van der Waals surface area contributed by atoms with Crippen molar-refractivity contribution in [3.8, 4) is 11.8 Å². The Morgan fingerprint density at radius 3 is 2.69 bits per heavy atom. The number of amides is 1. The van der Waals surface area contributed by atoms with E-state index in [0.29, 0.717) is 5.69 Å². The number of alkyl halides is 1. The molecule has 0 aromatic heterocycles. The Kier molecular flexibility index (Phi) is 5.24. The molecule has 0 aliphatic rings. The second-order valence-corrected chi connectivity index (χ2v) is 3.32. The Morgan fingerprint density at radius 1 is 1.38 bits per heavy atom. The molecule has 84 valence electrons. The Bertz CT molecular complexity index is 403. The lowest BCUT2D eigenvalue weighted by molar-refractivity contribution is 0.176. The molecule has 0 aliphatic heterocycles. The zero-order valence-electron chi connectivity index (χ0n) is 8.92. The van der Waals surface area contributed by atoms with Gasteiger partial charge in [0.2, 0.25) is 0 Å². The predicted molar refractivity (Wildman–Crippen MR) is 64.6 cm³/mol. The van der Waals surface area contributed by atoms with Gasteiger partial charge in [-0.05, 0) is 19.1 Å². The lowest BCUT2D eigenvalue weighted by Gasteiger charge is -2.04. The standard InChI is InChI=1S/C12H12ClNO2/c1-10-4-6-11(7-5-10)14-12(15)16-9-3-2-8-13/h4-7H,8-9H2,1H3,(H,14,15). The summed E-state index contributed by atoms with van der Waals surface area (Å²) in [4.78, 5) is 11.2. The second kappa shape index (κ2) is 6.76. The lowest BCUT2D eigenvalue weighted by Crippen LogP contribution is -2.13. The summed E-state index contributed by atoms with van der Waals surface area (Å²) < 4.78 is 4.80. The van der Waals surface area contributed by atoms with Crippen LogP contribution in [0.25, 0.3) is 0 Å². The first kappa shape index (κ1) is 12.4. The van der Waals surface area contributed by atoms with Crippen molar-refractivity contribution in [2.75, 3.05) is 17.8 Å². The number of benzene rings is 1. The van der Waals surface area contributed by atoms with Crippen molar-refractivity contribution in [1.29, 1.82) is 0 Å².